The average molecular weight is 252 g/mol. The Morgan fingerprint density at radius 1 is 1.06 bits per heavy atom. The Labute approximate surface area is 110 Å². The fourth-order valence-electron chi connectivity index (χ4n) is 2.38. The van der Waals surface area contributed by atoms with Crippen LogP contribution in [-0.4, -0.2) is 25.2 Å². The Bertz CT molecular complexity index is 312. The van der Waals surface area contributed by atoms with Gasteiger partial charge in [0, 0.05) is 0 Å². The van der Waals surface area contributed by atoms with Crippen LogP contribution in [0, 0.1) is 11.3 Å². The summed E-state index contributed by atoms with van der Waals surface area (Å²) in [5.41, 5.74) is 0.0863. The van der Waals surface area contributed by atoms with E-state index < -0.39 is 0 Å². The van der Waals surface area contributed by atoms with Crippen molar-refractivity contribution >= 4 is 12.2 Å². The molecule has 0 aliphatic rings. The Hall–Kier alpha value is -1.24. The molecule has 1 unspecified atom stereocenters. The number of hydrogen-bond donors (Lipinski definition) is 0. The molecule has 0 N–H and O–H groups in total. The monoisotopic (exact) mass is 252 g/mol. The molecular formula is C14H24N2O2. The van der Waals surface area contributed by atoms with Crippen LogP contribution >= 0.6 is 0 Å². The molecule has 102 valence electrons. The minimum absolute atomic E-state index is 0.0863. The molecular weight excluding hydrogens is 228 g/mol. The molecule has 0 heterocycles. The van der Waals surface area contributed by atoms with E-state index in [9.17, 15) is 9.59 Å². The molecule has 4 nitrogen and oxygen atoms in total. The van der Waals surface area contributed by atoms with Crippen molar-refractivity contribution in [3.63, 3.8) is 0 Å². The van der Waals surface area contributed by atoms with Gasteiger partial charge in [-0.05, 0) is 37.0 Å². The average Bonchev–Trinajstić information content (AvgIpc) is 2.42. The van der Waals surface area contributed by atoms with Crippen LogP contribution in [0.2, 0.25) is 0 Å². The van der Waals surface area contributed by atoms with Crippen LogP contribution in [0.4, 0.5) is 0 Å². The van der Waals surface area contributed by atoms with E-state index in [-0.39, 0.29) is 5.41 Å². The second kappa shape index (κ2) is 9.76. The fraction of sp³-hybridized carbons (Fsp3) is 0.857. The van der Waals surface area contributed by atoms with Crippen molar-refractivity contribution in [2.45, 2.75) is 52.9 Å². The molecule has 0 aromatic carbocycles. The smallest absolute Gasteiger partial charge is 0.211 e. The SMILES string of the molecule is CCC(CCN=C=O)CC(CC)(CC)CN=C=O. The van der Waals surface area contributed by atoms with Crippen molar-refractivity contribution < 1.29 is 9.59 Å². The predicted molar refractivity (Wildman–Crippen MR) is 72.0 cm³/mol. The molecule has 0 saturated carbocycles. The molecule has 0 bridgehead atoms. The standard InChI is InChI=1S/C14H24N2O2/c1-4-13(7-8-15-11-17)9-14(5-2,6-3)10-16-12-18/h13H,4-10H2,1-3H3. The molecule has 0 aromatic rings. The fourth-order valence-corrected chi connectivity index (χ4v) is 2.38. The largest absolute Gasteiger partial charge is 0.234 e. The summed E-state index contributed by atoms with van der Waals surface area (Å²) in [6.45, 7) is 7.52. The molecule has 0 aromatic heterocycles. The predicted octanol–water partition coefficient (Wildman–Crippen LogP) is 3.27. The molecule has 0 rings (SSSR count). The van der Waals surface area contributed by atoms with Gasteiger partial charge in [0.25, 0.3) is 0 Å². The summed E-state index contributed by atoms with van der Waals surface area (Å²) in [5, 5.41) is 0. The van der Waals surface area contributed by atoms with Gasteiger partial charge in [-0.15, -0.1) is 0 Å². The highest BCUT2D eigenvalue weighted by Crippen LogP contribution is 2.36. The second-order valence-electron chi connectivity index (χ2n) is 4.85. The number of hydrogen-bond acceptors (Lipinski definition) is 4. The van der Waals surface area contributed by atoms with Crippen molar-refractivity contribution in [1.82, 2.24) is 0 Å². The van der Waals surface area contributed by atoms with E-state index in [1.807, 2.05) is 0 Å². The molecule has 0 spiro atoms. The van der Waals surface area contributed by atoms with Gasteiger partial charge in [0.2, 0.25) is 12.2 Å². The zero-order chi connectivity index (χ0) is 13.9. The summed E-state index contributed by atoms with van der Waals surface area (Å²) in [4.78, 5) is 27.8. The lowest BCUT2D eigenvalue weighted by molar-refractivity contribution is 0.196. The van der Waals surface area contributed by atoms with Gasteiger partial charge in [-0.25, -0.2) is 19.6 Å². The molecule has 0 aliphatic heterocycles. The van der Waals surface area contributed by atoms with Crippen LogP contribution in [0.15, 0.2) is 9.98 Å². The summed E-state index contributed by atoms with van der Waals surface area (Å²) in [5.74, 6) is 0.517. The van der Waals surface area contributed by atoms with Crippen LogP contribution in [0.25, 0.3) is 0 Å². The van der Waals surface area contributed by atoms with Crippen molar-refractivity contribution in [3.8, 4) is 0 Å². The van der Waals surface area contributed by atoms with E-state index in [2.05, 4.69) is 30.8 Å². The minimum Gasteiger partial charge on any atom is -0.211 e. The van der Waals surface area contributed by atoms with Crippen LogP contribution in [0.5, 0.6) is 0 Å². The van der Waals surface area contributed by atoms with Crippen molar-refractivity contribution in [3.05, 3.63) is 0 Å². The maximum atomic E-state index is 10.3. The second-order valence-corrected chi connectivity index (χ2v) is 4.85. The molecule has 0 amide bonds. The molecule has 0 radical (unpaired) electrons. The van der Waals surface area contributed by atoms with Crippen LogP contribution < -0.4 is 0 Å². The topological polar surface area (TPSA) is 58.9 Å². The summed E-state index contributed by atoms with van der Waals surface area (Å²) in [7, 11) is 0. The van der Waals surface area contributed by atoms with E-state index in [1.165, 1.54) is 0 Å². The lowest BCUT2D eigenvalue weighted by Gasteiger charge is -2.33. The molecule has 18 heavy (non-hydrogen) atoms. The van der Waals surface area contributed by atoms with Gasteiger partial charge >= 0.3 is 0 Å². The summed E-state index contributed by atoms with van der Waals surface area (Å²) in [6.07, 6.45) is 8.20. The summed E-state index contributed by atoms with van der Waals surface area (Å²) >= 11 is 0. The van der Waals surface area contributed by atoms with Gasteiger partial charge in [-0.2, -0.15) is 0 Å². The molecule has 0 saturated heterocycles. The first-order chi connectivity index (χ1) is 8.67. The summed E-state index contributed by atoms with van der Waals surface area (Å²) in [6, 6.07) is 0. The van der Waals surface area contributed by atoms with Crippen molar-refractivity contribution in [2.75, 3.05) is 13.1 Å². The number of rotatable bonds is 10. The van der Waals surface area contributed by atoms with Crippen LogP contribution in [0.1, 0.15) is 52.9 Å². The lowest BCUT2D eigenvalue weighted by atomic mass is 9.73. The number of aliphatic imine (C=N–C) groups is 2. The van der Waals surface area contributed by atoms with Gasteiger partial charge in [0.15, 0.2) is 0 Å². The van der Waals surface area contributed by atoms with Gasteiger partial charge in [-0.1, -0.05) is 27.2 Å². The maximum absolute atomic E-state index is 10.3. The maximum Gasteiger partial charge on any atom is 0.234 e. The summed E-state index contributed by atoms with van der Waals surface area (Å²) < 4.78 is 0. The highest BCUT2D eigenvalue weighted by molar-refractivity contribution is 5.33. The molecule has 4 heteroatoms. The van der Waals surface area contributed by atoms with Gasteiger partial charge < -0.3 is 0 Å². The Morgan fingerprint density at radius 2 is 1.67 bits per heavy atom. The van der Waals surface area contributed by atoms with Crippen molar-refractivity contribution in [2.24, 2.45) is 21.3 Å². The van der Waals surface area contributed by atoms with Crippen LogP contribution in [-0.2, 0) is 9.59 Å². The molecule has 0 fully saturated rings. The van der Waals surface area contributed by atoms with Crippen molar-refractivity contribution in [1.29, 1.82) is 0 Å². The quantitative estimate of drug-likeness (QED) is 0.442. The number of carbonyl (C=O) groups excluding carboxylic acids is 2. The first-order valence-corrected chi connectivity index (χ1v) is 6.75. The third-order valence-corrected chi connectivity index (χ3v) is 3.99. The third kappa shape index (κ3) is 5.90. The van der Waals surface area contributed by atoms with E-state index in [1.54, 1.807) is 12.2 Å². The van der Waals surface area contributed by atoms with Crippen LogP contribution in [0.3, 0.4) is 0 Å². The lowest BCUT2D eigenvalue weighted by Crippen LogP contribution is -2.26. The zero-order valence-corrected chi connectivity index (χ0v) is 11.7. The molecule has 1 atom stereocenters. The zero-order valence-electron chi connectivity index (χ0n) is 11.7. The van der Waals surface area contributed by atoms with E-state index >= 15 is 0 Å². The number of nitrogens with zero attached hydrogens (tertiary/aromatic N) is 2. The third-order valence-electron chi connectivity index (χ3n) is 3.99. The first-order valence-electron chi connectivity index (χ1n) is 6.75. The highest BCUT2D eigenvalue weighted by Gasteiger charge is 2.28. The Kier molecular flexibility index (Phi) is 9.08. The Morgan fingerprint density at radius 3 is 2.11 bits per heavy atom. The Balaban J connectivity index is 4.59. The molecule has 0 aliphatic carbocycles. The van der Waals surface area contributed by atoms with Gasteiger partial charge in [-0.3, -0.25) is 0 Å². The van der Waals surface area contributed by atoms with E-state index in [0.29, 0.717) is 19.0 Å². The minimum atomic E-state index is 0.0863. The first kappa shape index (κ1) is 16.8. The highest BCUT2D eigenvalue weighted by atomic mass is 16.1. The van der Waals surface area contributed by atoms with E-state index in [0.717, 1.165) is 32.1 Å². The number of isocyanates is 2. The van der Waals surface area contributed by atoms with E-state index in [4.69, 9.17) is 0 Å². The van der Waals surface area contributed by atoms with Gasteiger partial charge in [0.1, 0.15) is 0 Å². The van der Waals surface area contributed by atoms with Gasteiger partial charge in [0.05, 0.1) is 13.1 Å². The normalized spacial score (nSPS) is 12.4.